The summed E-state index contributed by atoms with van der Waals surface area (Å²) in [6.07, 6.45) is 0. The van der Waals surface area contributed by atoms with Crippen molar-refractivity contribution < 1.29 is 8.42 Å². The Morgan fingerprint density at radius 3 is 1.78 bits per heavy atom. The van der Waals surface area contributed by atoms with Crippen molar-refractivity contribution in [1.82, 2.24) is 0 Å². The minimum absolute atomic E-state index is 0.243. The summed E-state index contributed by atoms with van der Waals surface area (Å²) < 4.78 is 26.9. The second-order valence-electron chi connectivity index (χ2n) is 3.51. The van der Waals surface area contributed by atoms with Gasteiger partial charge in [-0.3, -0.25) is 0 Å². The van der Waals surface area contributed by atoms with Crippen LogP contribution in [0.2, 0.25) is 0 Å². The molecular weight excluding hydrogens is 448 g/mol. The van der Waals surface area contributed by atoms with Crippen LogP contribution >= 0.6 is 47.8 Å². The summed E-state index contributed by atoms with van der Waals surface area (Å²) in [5, 5.41) is 0. The van der Waals surface area contributed by atoms with Gasteiger partial charge in [-0.25, -0.2) is 8.42 Å². The van der Waals surface area contributed by atoms with Gasteiger partial charge in [0.1, 0.15) is 4.90 Å². The molecular formula is C12H7Br3O2S. The molecule has 2 nitrogen and oxygen atoms in total. The quantitative estimate of drug-likeness (QED) is 0.652. The lowest BCUT2D eigenvalue weighted by Crippen LogP contribution is -2.03. The second kappa shape index (κ2) is 5.45. The van der Waals surface area contributed by atoms with Crippen molar-refractivity contribution in [3.8, 4) is 0 Å². The third kappa shape index (κ3) is 2.71. The van der Waals surface area contributed by atoms with Crippen LogP contribution in [0.4, 0.5) is 0 Å². The van der Waals surface area contributed by atoms with E-state index >= 15 is 0 Å². The predicted molar refractivity (Wildman–Crippen MR) is 81.4 cm³/mol. The maximum atomic E-state index is 12.5. The molecule has 0 aliphatic heterocycles. The second-order valence-corrected chi connectivity index (χ2v) is 8.02. The highest BCUT2D eigenvalue weighted by Gasteiger charge is 2.23. The van der Waals surface area contributed by atoms with Gasteiger partial charge >= 0.3 is 0 Å². The number of hydrogen-bond acceptors (Lipinski definition) is 2. The first kappa shape index (κ1) is 14.2. The van der Waals surface area contributed by atoms with Gasteiger partial charge in [-0.15, -0.1) is 0 Å². The van der Waals surface area contributed by atoms with E-state index < -0.39 is 9.84 Å². The Hall–Kier alpha value is -0.170. The average Bonchev–Trinajstić information content (AvgIpc) is 2.29. The van der Waals surface area contributed by atoms with Crippen molar-refractivity contribution >= 4 is 57.6 Å². The Balaban J connectivity index is 2.66. The average molecular weight is 455 g/mol. The van der Waals surface area contributed by atoms with Crippen LogP contribution in [0.3, 0.4) is 0 Å². The van der Waals surface area contributed by atoms with E-state index in [1.54, 1.807) is 42.5 Å². The zero-order chi connectivity index (χ0) is 13.3. The van der Waals surface area contributed by atoms with Crippen LogP contribution in [-0.2, 0) is 9.84 Å². The van der Waals surface area contributed by atoms with Crippen LogP contribution in [0.5, 0.6) is 0 Å². The fraction of sp³-hybridized carbons (Fsp3) is 0. The van der Waals surface area contributed by atoms with Crippen molar-refractivity contribution in [2.24, 2.45) is 0 Å². The molecule has 6 heteroatoms. The molecule has 0 radical (unpaired) electrons. The smallest absolute Gasteiger partial charge is 0.208 e. The topological polar surface area (TPSA) is 34.1 Å². The standard InChI is InChI=1S/C12H7Br3O2S/c13-8-4-6-9(7-5-8)18(16,17)12-10(14)2-1-3-11(12)15/h1-7H. The van der Waals surface area contributed by atoms with E-state index in [-0.39, 0.29) is 9.79 Å². The minimum atomic E-state index is -3.53. The molecule has 0 bridgehead atoms. The molecule has 2 rings (SSSR count). The van der Waals surface area contributed by atoms with Gasteiger partial charge in [0.2, 0.25) is 9.84 Å². The fourth-order valence-electron chi connectivity index (χ4n) is 1.47. The maximum Gasteiger partial charge on any atom is 0.208 e. The maximum absolute atomic E-state index is 12.5. The Morgan fingerprint density at radius 1 is 0.778 bits per heavy atom. The third-order valence-corrected chi connectivity index (χ3v) is 6.56. The Labute approximate surface area is 131 Å². The van der Waals surface area contributed by atoms with E-state index in [1.165, 1.54) is 0 Å². The first-order valence-electron chi connectivity index (χ1n) is 4.87. The Kier molecular flexibility index (Phi) is 4.31. The molecule has 0 unspecified atom stereocenters. The summed E-state index contributed by atoms with van der Waals surface area (Å²) >= 11 is 9.84. The van der Waals surface area contributed by atoms with E-state index in [1.807, 2.05) is 0 Å². The normalized spacial score (nSPS) is 11.5. The van der Waals surface area contributed by atoms with Crippen LogP contribution in [0, 0.1) is 0 Å². The zero-order valence-electron chi connectivity index (χ0n) is 8.90. The van der Waals surface area contributed by atoms with E-state index in [2.05, 4.69) is 47.8 Å². The lowest BCUT2D eigenvalue weighted by molar-refractivity contribution is 0.595. The van der Waals surface area contributed by atoms with Gasteiger partial charge in [-0.2, -0.15) is 0 Å². The molecule has 0 spiro atoms. The van der Waals surface area contributed by atoms with Crippen molar-refractivity contribution in [3.63, 3.8) is 0 Å². The number of rotatable bonds is 2. The van der Waals surface area contributed by atoms with Crippen LogP contribution in [0.25, 0.3) is 0 Å². The van der Waals surface area contributed by atoms with Gasteiger partial charge in [-0.05, 0) is 68.3 Å². The molecule has 0 aliphatic rings. The molecule has 0 atom stereocenters. The molecule has 0 aliphatic carbocycles. The van der Waals surface area contributed by atoms with Crippen molar-refractivity contribution in [2.45, 2.75) is 9.79 Å². The molecule has 0 saturated heterocycles. The Morgan fingerprint density at radius 2 is 1.28 bits per heavy atom. The first-order valence-corrected chi connectivity index (χ1v) is 8.74. The number of halogens is 3. The van der Waals surface area contributed by atoms with Crippen LogP contribution in [0.15, 0.2) is 65.7 Å². The molecule has 0 amide bonds. The molecule has 2 aromatic carbocycles. The molecule has 0 saturated carbocycles. The largest absolute Gasteiger partial charge is 0.218 e. The highest BCUT2D eigenvalue weighted by molar-refractivity contribution is 9.11. The minimum Gasteiger partial charge on any atom is -0.218 e. The lowest BCUT2D eigenvalue weighted by Gasteiger charge is -2.09. The fourth-order valence-corrected chi connectivity index (χ4v) is 5.39. The van der Waals surface area contributed by atoms with Crippen molar-refractivity contribution in [2.75, 3.05) is 0 Å². The van der Waals surface area contributed by atoms with E-state index in [0.29, 0.717) is 8.95 Å². The third-order valence-electron chi connectivity index (χ3n) is 2.31. The molecule has 0 heterocycles. The number of sulfone groups is 1. The Bertz CT molecular complexity index is 659. The van der Waals surface area contributed by atoms with E-state index in [0.717, 1.165) is 4.47 Å². The lowest BCUT2D eigenvalue weighted by atomic mass is 10.4. The van der Waals surface area contributed by atoms with Gasteiger partial charge in [0.15, 0.2) is 0 Å². The molecule has 0 fully saturated rings. The van der Waals surface area contributed by atoms with E-state index in [4.69, 9.17) is 0 Å². The SMILES string of the molecule is O=S(=O)(c1ccc(Br)cc1)c1c(Br)cccc1Br. The summed E-state index contributed by atoms with van der Waals surface area (Å²) in [7, 11) is -3.53. The van der Waals surface area contributed by atoms with Crippen LogP contribution < -0.4 is 0 Å². The van der Waals surface area contributed by atoms with Gasteiger partial charge in [-0.1, -0.05) is 22.0 Å². The van der Waals surface area contributed by atoms with Gasteiger partial charge < -0.3 is 0 Å². The molecule has 18 heavy (non-hydrogen) atoms. The summed E-state index contributed by atoms with van der Waals surface area (Å²) in [5.74, 6) is 0. The summed E-state index contributed by atoms with van der Waals surface area (Å²) in [5.41, 5.74) is 0. The first-order chi connectivity index (χ1) is 8.43. The van der Waals surface area contributed by atoms with Crippen LogP contribution in [0.1, 0.15) is 0 Å². The van der Waals surface area contributed by atoms with E-state index in [9.17, 15) is 8.42 Å². The van der Waals surface area contributed by atoms with Crippen molar-refractivity contribution in [1.29, 1.82) is 0 Å². The van der Waals surface area contributed by atoms with Gasteiger partial charge in [0.25, 0.3) is 0 Å². The summed E-state index contributed by atoms with van der Waals surface area (Å²) in [6, 6.07) is 11.7. The predicted octanol–water partition coefficient (Wildman–Crippen LogP) is 4.81. The molecule has 0 N–H and O–H groups in total. The number of hydrogen-bond donors (Lipinski definition) is 0. The van der Waals surface area contributed by atoms with Gasteiger partial charge in [0.05, 0.1) is 4.90 Å². The molecule has 94 valence electrons. The highest BCUT2D eigenvalue weighted by Crippen LogP contribution is 2.34. The molecule has 0 aromatic heterocycles. The summed E-state index contributed by atoms with van der Waals surface area (Å²) in [6.45, 7) is 0. The highest BCUT2D eigenvalue weighted by atomic mass is 79.9. The van der Waals surface area contributed by atoms with Gasteiger partial charge in [0, 0.05) is 13.4 Å². The molecule has 2 aromatic rings. The van der Waals surface area contributed by atoms with Crippen LogP contribution in [-0.4, -0.2) is 8.42 Å². The number of benzene rings is 2. The zero-order valence-corrected chi connectivity index (χ0v) is 14.5. The van der Waals surface area contributed by atoms with Crippen molar-refractivity contribution in [3.05, 3.63) is 55.9 Å². The summed E-state index contributed by atoms with van der Waals surface area (Å²) in [4.78, 5) is 0.505. The monoisotopic (exact) mass is 452 g/mol.